The van der Waals surface area contributed by atoms with E-state index in [1.807, 2.05) is 0 Å². The molecule has 0 radical (unpaired) electrons. The Morgan fingerprint density at radius 2 is 1.70 bits per heavy atom. The highest BCUT2D eigenvalue weighted by molar-refractivity contribution is 6.09. The Morgan fingerprint density at radius 1 is 1.09 bits per heavy atom. The van der Waals surface area contributed by atoms with Crippen LogP contribution in [0.15, 0.2) is 54.6 Å². The average Bonchev–Trinajstić information content (AvgIpc) is 2.59. The van der Waals surface area contributed by atoms with E-state index in [-0.39, 0.29) is 23.4 Å². The molecule has 1 aliphatic heterocycles. The molecule has 6 heteroatoms. The number of β-lactam (4-membered cyclic amide) rings is 1. The first kappa shape index (κ1) is 14.9. The van der Waals surface area contributed by atoms with Gasteiger partial charge in [0.2, 0.25) is 5.91 Å². The van der Waals surface area contributed by atoms with Crippen molar-refractivity contribution in [2.24, 2.45) is 5.92 Å². The summed E-state index contributed by atoms with van der Waals surface area (Å²) in [7, 11) is 0. The minimum atomic E-state index is -0.480. The number of non-ortho nitro benzene ring substituents is 1. The molecule has 0 aromatic heterocycles. The van der Waals surface area contributed by atoms with Crippen molar-refractivity contribution in [2.75, 3.05) is 0 Å². The molecule has 2 aromatic carbocycles. The van der Waals surface area contributed by atoms with Crippen LogP contribution in [0.25, 0.3) is 0 Å². The molecule has 2 amide bonds. The molecule has 1 fully saturated rings. The van der Waals surface area contributed by atoms with Gasteiger partial charge in [0.05, 0.1) is 16.9 Å². The van der Waals surface area contributed by atoms with Gasteiger partial charge in [-0.3, -0.25) is 24.6 Å². The van der Waals surface area contributed by atoms with Crippen LogP contribution in [0.1, 0.15) is 28.9 Å². The number of carbonyl (C=O) groups excluding carboxylic acids is 2. The normalized spacial score (nSPS) is 20.0. The lowest BCUT2D eigenvalue weighted by Crippen LogP contribution is -2.56. The summed E-state index contributed by atoms with van der Waals surface area (Å²) in [5.74, 6) is -0.914. The van der Waals surface area contributed by atoms with E-state index < -0.39 is 11.0 Å². The molecule has 2 aromatic rings. The van der Waals surface area contributed by atoms with Crippen LogP contribution in [0.2, 0.25) is 0 Å². The molecule has 116 valence electrons. The quantitative estimate of drug-likeness (QED) is 0.378. The number of amides is 2. The average molecular weight is 310 g/mol. The van der Waals surface area contributed by atoms with E-state index in [4.69, 9.17) is 0 Å². The number of benzene rings is 2. The first-order chi connectivity index (χ1) is 11.0. The third kappa shape index (κ3) is 2.48. The highest BCUT2D eigenvalue weighted by atomic mass is 16.6. The Morgan fingerprint density at radius 3 is 2.26 bits per heavy atom. The number of hydrogen-bond donors (Lipinski definition) is 0. The lowest BCUT2D eigenvalue weighted by Gasteiger charge is -2.44. The van der Waals surface area contributed by atoms with Gasteiger partial charge >= 0.3 is 0 Å². The molecule has 23 heavy (non-hydrogen) atoms. The third-order valence-corrected chi connectivity index (χ3v) is 4.06. The van der Waals surface area contributed by atoms with Crippen molar-refractivity contribution < 1.29 is 14.5 Å². The second-order valence-corrected chi connectivity index (χ2v) is 5.46. The largest absolute Gasteiger partial charge is 0.274 e. The van der Waals surface area contributed by atoms with E-state index >= 15 is 0 Å². The molecule has 2 atom stereocenters. The summed E-state index contributed by atoms with van der Waals surface area (Å²) in [5, 5.41) is 10.7. The van der Waals surface area contributed by atoms with E-state index in [0.29, 0.717) is 11.1 Å². The van der Waals surface area contributed by atoms with Gasteiger partial charge in [-0.15, -0.1) is 0 Å². The molecule has 0 aliphatic carbocycles. The van der Waals surface area contributed by atoms with Gasteiger partial charge in [0.15, 0.2) is 0 Å². The number of hydrogen-bond acceptors (Lipinski definition) is 4. The molecular formula is C17H14N2O4. The van der Waals surface area contributed by atoms with Gasteiger partial charge in [-0.2, -0.15) is 0 Å². The lowest BCUT2D eigenvalue weighted by atomic mass is 9.83. The summed E-state index contributed by atoms with van der Waals surface area (Å²) < 4.78 is 0. The molecule has 0 spiro atoms. The standard InChI is InChI=1S/C17H14N2O4/c1-11-15(12-7-9-14(10-8-12)19(22)23)18(16(11)20)17(21)13-5-3-2-4-6-13/h2-11,15H,1H3/t11-,15-/m1/s1. The summed E-state index contributed by atoms with van der Waals surface area (Å²) in [6, 6.07) is 14.2. The minimum Gasteiger partial charge on any atom is -0.274 e. The minimum absolute atomic E-state index is 0.0204. The predicted molar refractivity (Wildman–Crippen MR) is 82.6 cm³/mol. The third-order valence-electron chi connectivity index (χ3n) is 4.06. The lowest BCUT2D eigenvalue weighted by molar-refractivity contribution is -0.384. The van der Waals surface area contributed by atoms with Gasteiger partial charge in [-0.25, -0.2) is 0 Å². The smallest absolute Gasteiger partial charge is 0.269 e. The van der Waals surface area contributed by atoms with Gasteiger partial charge < -0.3 is 0 Å². The number of imide groups is 1. The van der Waals surface area contributed by atoms with Crippen LogP contribution in [0.5, 0.6) is 0 Å². The molecule has 1 saturated heterocycles. The first-order valence-electron chi connectivity index (χ1n) is 7.17. The molecule has 1 aliphatic rings. The van der Waals surface area contributed by atoms with E-state index in [0.717, 1.165) is 0 Å². The highest BCUT2D eigenvalue weighted by Crippen LogP contribution is 2.41. The highest BCUT2D eigenvalue weighted by Gasteiger charge is 2.48. The molecule has 0 N–H and O–H groups in total. The van der Waals surface area contributed by atoms with Crippen LogP contribution >= 0.6 is 0 Å². The summed E-state index contributed by atoms with van der Waals surface area (Å²) >= 11 is 0. The first-order valence-corrected chi connectivity index (χ1v) is 7.17. The fraction of sp³-hybridized carbons (Fsp3) is 0.176. The van der Waals surface area contributed by atoms with E-state index in [1.165, 1.54) is 17.0 Å². The Kier molecular flexibility index (Phi) is 3.65. The molecule has 1 heterocycles. The van der Waals surface area contributed by atoms with Crippen molar-refractivity contribution in [1.82, 2.24) is 4.90 Å². The van der Waals surface area contributed by atoms with E-state index in [9.17, 15) is 19.7 Å². The second-order valence-electron chi connectivity index (χ2n) is 5.46. The number of likely N-dealkylation sites (tertiary alicyclic amines) is 1. The van der Waals surface area contributed by atoms with Crippen molar-refractivity contribution in [3.05, 3.63) is 75.8 Å². The number of nitrogens with zero attached hydrogens (tertiary/aromatic N) is 2. The van der Waals surface area contributed by atoms with Gasteiger partial charge in [0.25, 0.3) is 11.6 Å². The number of rotatable bonds is 3. The fourth-order valence-corrected chi connectivity index (χ4v) is 2.81. The maximum absolute atomic E-state index is 12.5. The van der Waals surface area contributed by atoms with Crippen molar-refractivity contribution in [1.29, 1.82) is 0 Å². The van der Waals surface area contributed by atoms with E-state index in [2.05, 4.69) is 0 Å². The van der Waals surface area contributed by atoms with Crippen LogP contribution in [0.4, 0.5) is 5.69 Å². The Bertz CT molecular complexity index is 771. The molecular weight excluding hydrogens is 296 g/mol. The Labute approximate surface area is 132 Å². The van der Waals surface area contributed by atoms with Crippen LogP contribution in [0.3, 0.4) is 0 Å². The fourth-order valence-electron chi connectivity index (χ4n) is 2.81. The number of nitro groups is 1. The molecule has 0 unspecified atom stereocenters. The van der Waals surface area contributed by atoms with Crippen molar-refractivity contribution >= 4 is 17.5 Å². The zero-order valence-electron chi connectivity index (χ0n) is 12.4. The topological polar surface area (TPSA) is 80.5 Å². The number of nitro benzene ring substituents is 1. The van der Waals surface area contributed by atoms with Gasteiger partial charge in [0.1, 0.15) is 0 Å². The number of carbonyl (C=O) groups is 2. The molecule has 0 bridgehead atoms. The summed E-state index contributed by atoms with van der Waals surface area (Å²) in [6.45, 7) is 1.75. The maximum atomic E-state index is 12.5. The molecule has 3 rings (SSSR count). The van der Waals surface area contributed by atoms with Crippen molar-refractivity contribution in [3.63, 3.8) is 0 Å². The summed E-state index contributed by atoms with van der Waals surface area (Å²) in [4.78, 5) is 36.1. The SMILES string of the molecule is C[C@H]1C(=O)N(C(=O)c2ccccc2)[C@H]1c1ccc([N+](=O)[O-])cc1. The molecule has 6 nitrogen and oxygen atoms in total. The van der Waals surface area contributed by atoms with Crippen molar-refractivity contribution in [2.45, 2.75) is 13.0 Å². The van der Waals surface area contributed by atoms with Crippen molar-refractivity contribution in [3.8, 4) is 0 Å². The van der Waals surface area contributed by atoms with Crippen LogP contribution < -0.4 is 0 Å². The van der Waals surface area contributed by atoms with E-state index in [1.54, 1.807) is 49.4 Å². The molecule has 0 saturated carbocycles. The van der Waals surface area contributed by atoms with Gasteiger partial charge in [-0.1, -0.05) is 37.3 Å². The van der Waals surface area contributed by atoms with Crippen LogP contribution in [-0.4, -0.2) is 21.6 Å². The van der Waals surface area contributed by atoms with Gasteiger partial charge in [0, 0.05) is 17.7 Å². The summed E-state index contributed by atoms with van der Waals surface area (Å²) in [5.41, 5.74) is 1.14. The zero-order valence-corrected chi connectivity index (χ0v) is 12.4. The Balaban J connectivity index is 1.90. The Hall–Kier alpha value is -3.02. The monoisotopic (exact) mass is 310 g/mol. The second kappa shape index (κ2) is 5.64. The summed E-state index contributed by atoms with van der Waals surface area (Å²) in [6.07, 6.45) is 0. The van der Waals surface area contributed by atoms with Gasteiger partial charge in [-0.05, 0) is 17.7 Å². The van der Waals surface area contributed by atoms with Crippen LogP contribution in [-0.2, 0) is 4.79 Å². The van der Waals surface area contributed by atoms with Crippen LogP contribution in [0, 0.1) is 16.0 Å². The predicted octanol–water partition coefficient (Wildman–Crippen LogP) is 2.95. The maximum Gasteiger partial charge on any atom is 0.269 e. The zero-order chi connectivity index (χ0) is 16.6.